The lowest BCUT2D eigenvalue weighted by atomic mass is 9.98. The summed E-state index contributed by atoms with van der Waals surface area (Å²) in [4.78, 5) is 2.04. The Balaban J connectivity index is 1.60. The SMILES string of the molecule is OCc1ccc(-c2cccc(CN3CCCc4ccc(C(F)(F)F)cc43)c2)cc1. The molecule has 0 atom stereocenters. The molecule has 0 spiro atoms. The number of aliphatic hydroxyl groups excluding tert-OH is 1. The summed E-state index contributed by atoms with van der Waals surface area (Å²) in [6, 6.07) is 19.9. The summed E-state index contributed by atoms with van der Waals surface area (Å²) in [5.74, 6) is 0. The molecule has 3 aromatic rings. The molecule has 0 saturated heterocycles. The van der Waals surface area contributed by atoms with Crippen molar-refractivity contribution in [1.29, 1.82) is 0 Å². The molecular weight excluding hydrogens is 375 g/mol. The van der Waals surface area contributed by atoms with Crippen molar-refractivity contribution >= 4 is 5.69 Å². The van der Waals surface area contributed by atoms with Crippen LogP contribution in [-0.2, 0) is 25.7 Å². The minimum atomic E-state index is -4.33. The van der Waals surface area contributed by atoms with Crippen LogP contribution in [-0.4, -0.2) is 11.7 Å². The van der Waals surface area contributed by atoms with Gasteiger partial charge in [-0.1, -0.05) is 48.5 Å². The van der Waals surface area contributed by atoms with E-state index in [0.29, 0.717) is 12.2 Å². The van der Waals surface area contributed by atoms with E-state index in [1.807, 2.05) is 47.4 Å². The molecule has 0 aromatic heterocycles. The molecule has 2 nitrogen and oxygen atoms in total. The number of aryl methyl sites for hydroxylation is 1. The maximum Gasteiger partial charge on any atom is 0.416 e. The van der Waals surface area contributed by atoms with Gasteiger partial charge in [0, 0.05) is 18.8 Å². The van der Waals surface area contributed by atoms with Crippen LogP contribution in [0.2, 0.25) is 0 Å². The highest BCUT2D eigenvalue weighted by molar-refractivity contribution is 5.65. The number of benzene rings is 3. The van der Waals surface area contributed by atoms with Crippen LogP contribution in [0.4, 0.5) is 18.9 Å². The molecule has 5 heteroatoms. The lowest BCUT2D eigenvalue weighted by Gasteiger charge is -2.32. The van der Waals surface area contributed by atoms with Crippen LogP contribution in [0.5, 0.6) is 0 Å². The molecular formula is C24H22F3NO. The fourth-order valence-electron chi connectivity index (χ4n) is 3.86. The fraction of sp³-hybridized carbons (Fsp3) is 0.250. The number of hydrogen-bond acceptors (Lipinski definition) is 2. The lowest BCUT2D eigenvalue weighted by molar-refractivity contribution is -0.137. The minimum Gasteiger partial charge on any atom is -0.392 e. The zero-order valence-electron chi connectivity index (χ0n) is 15.9. The average Bonchev–Trinajstić information content (AvgIpc) is 2.73. The van der Waals surface area contributed by atoms with E-state index >= 15 is 0 Å². The highest BCUT2D eigenvalue weighted by Gasteiger charge is 2.32. The Bertz CT molecular complexity index is 996. The molecule has 0 amide bonds. The molecule has 0 fully saturated rings. The maximum absolute atomic E-state index is 13.2. The van der Waals surface area contributed by atoms with E-state index < -0.39 is 11.7 Å². The van der Waals surface area contributed by atoms with Crippen LogP contribution in [0.1, 0.15) is 28.7 Å². The van der Waals surface area contributed by atoms with Gasteiger partial charge in [-0.2, -0.15) is 13.2 Å². The number of hydrogen-bond donors (Lipinski definition) is 1. The van der Waals surface area contributed by atoms with Gasteiger partial charge < -0.3 is 10.0 Å². The van der Waals surface area contributed by atoms with E-state index in [0.717, 1.165) is 47.2 Å². The molecule has 0 unspecified atom stereocenters. The summed E-state index contributed by atoms with van der Waals surface area (Å²) < 4.78 is 39.5. The monoisotopic (exact) mass is 397 g/mol. The number of rotatable bonds is 4. The number of anilines is 1. The smallest absolute Gasteiger partial charge is 0.392 e. The predicted octanol–water partition coefficient (Wildman–Crippen LogP) is 5.82. The largest absolute Gasteiger partial charge is 0.416 e. The summed E-state index contributed by atoms with van der Waals surface area (Å²) >= 11 is 0. The molecule has 150 valence electrons. The molecule has 0 radical (unpaired) electrons. The predicted molar refractivity (Wildman–Crippen MR) is 109 cm³/mol. The molecule has 0 aliphatic carbocycles. The van der Waals surface area contributed by atoms with Crippen molar-refractivity contribution in [3.8, 4) is 11.1 Å². The summed E-state index contributed by atoms with van der Waals surface area (Å²) in [6.07, 6.45) is -2.60. The topological polar surface area (TPSA) is 23.5 Å². The minimum absolute atomic E-state index is 0.00853. The third-order valence-corrected chi connectivity index (χ3v) is 5.40. The molecule has 1 aliphatic heterocycles. The van der Waals surface area contributed by atoms with Gasteiger partial charge in [-0.15, -0.1) is 0 Å². The Morgan fingerprint density at radius 2 is 1.66 bits per heavy atom. The lowest BCUT2D eigenvalue weighted by Crippen LogP contribution is -2.29. The van der Waals surface area contributed by atoms with Crippen LogP contribution in [0.15, 0.2) is 66.7 Å². The number of halogens is 3. The molecule has 1 aliphatic rings. The highest BCUT2D eigenvalue weighted by atomic mass is 19.4. The third kappa shape index (κ3) is 4.30. The average molecular weight is 397 g/mol. The first-order chi connectivity index (χ1) is 13.9. The van der Waals surface area contributed by atoms with E-state index in [-0.39, 0.29) is 6.61 Å². The van der Waals surface area contributed by atoms with Crippen LogP contribution in [0.25, 0.3) is 11.1 Å². The van der Waals surface area contributed by atoms with Crippen molar-refractivity contribution in [2.24, 2.45) is 0 Å². The van der Waals surface area contributed by atoms with Gasteiger partial charge in [0.05, 0.1) is 12.2 Å². The number of fused-ring (bicyclic) bond motifs is 1. The van der Waals surface area contributed by atoms with E-state index in [1.54, 1.807) is 6.07 Å². The van der Waals surface area contributed by atoms with Crippen molar-refractivity contribution in [3.05, 3.63) is 89.0 Å². The zero-order valence-corrected chi connectivity index (χ0v) is 15.9. The Morgan fingerprint density at radius 1 is 0.862 bits per heavy atom. The van der Waals surface area contributed by atoms with E-state index in [9.17, 15) is 18.3 Å². The van der Waals surface area contributed by atoms with Gasteiger partial charge in [0.2, 0.25) is 0 Å². The molecule has 3 aromatic carbocycles. The maximum atomic E-state index is 13.2. The zero-order chi connectivity index (χ0) is 20.4. The molecule has 29 heavy (non-hydrogen) atoms. The van der Waals surface area contributed by atoms with Gasteiger partial charge in [0.25, 0.3) is 0 Å². The molecule has 1 N–H and O–H groups in total. The fourth-order valence-corrected chi connectivity index (χ4v) is 3.86. The quantitative estimate of drug-likeness (QED) is 0.600. The molecule has 0 saturated carbocycles. The Hall–Kier alpha value is -2.79. The van der Waals surface area contributed by atoms with Crippen LogP contribution in [0, 0.1) is 0 Å². The third-order valence-electron chi connectivity index (χ3n) is 5.40. The summed E-state index contributed by atoms with van der Waals surface area (Å²) in [6.45, 7) is 1.31. The van der Waals surface area contributed by atoms with E-state index in [1.165, 1.54) is 12.1 Å². The van der Waals surface area contributed by atoms with Gasteiger partial charge >= 0.3 is 6.18 Å². The first-order valence-corrected chi connectivity index (χ1v) is 9.68. The van der Waals surface area contributed by atoms with Crippen molar-refractivity contribution in [1.82, 2.24) is 0 Å². The Kier molecular flexibility index (Phi) is 5.33. The molecule has 4 rings (SSSR count). The van der Waals surface area contributed by atoms with Crippen LogP contribution in [0.3, 0.4) is 0 Å². The highest BCUT2D eigenvalue weighted by Crippen LogP contribution is 2.36. The first-order valence-electron chi connectivity index (χ1n) is 9.68. The number of alkyl halides is 3. The second-order valence-corrected chi connectivity index (χ2v) is 7.42. The molecule has 1 heterocycles. The number of nitrogens with zero attached hydrogens (tertiary/aromatic N) is 1. The first kappa shape index (κ1) is 19.5. The second-order valence-electron chi connectivity index (χ2n) is 7.42. The van der Waals surface area contributed by atoms with Gasteiger partial charge in [-0.25, -0.2) is 0 Å². The summed E-state index contributed by atoms with van der Waals surface area (Å²) in [5, 5.41) is 9.20. The van der Waals surface area contributed by atoms with Gasteiger partial charge in [0.15, 0.2) is 0 Å². The van der Waals surface area contributed by atoms with Crippen LogP contribution < -0.4 is 4.90 Å². The van der Waals surface area contributed by atoms with Gasteiger partial charge in [-0.05, 0) is 58.9 Å². The van der Waals surface area contributed by atoms with Crippen molar-refractivity contribution in [2.45, 2.75) is 32.2 Å². The Labute approximate surface area is 168 Å². The normalized spacial score (nSPS) is 14.0. The van der Waals surface area contributed by atoms with Gasteiger partial charge in [-0.3, -0.25) is 0 Å². The van der Waals surface area contributed by atoms with Crippen molar-refractivity contribution < 1.29 is 18.3 Å². The standard InChI is InChI=1S/C24H22F3NO/c25-24(26,27)22-11-10-20-5-2-12-28(23(20)14-22)15-18-3-1-4-21(13-18)19-8-6-17(16-29)7-9-19/h1,3-4,6-11,13-14,29H,2,5,12,15-16H2. The van der Waals surface area contributed by atoms with Gasteiger partial charge in [0.1, 0.15) is 0 Å². The van der Waals surface area contributed by atoms with Crippen molar-refractivity contribution in [3.63, 3.8) is 0 Å². The summed E-state index contributed by atoms with van der Waals surface area (Å²) in [7, 11) is 0. The number of aliphatic hydroxyl groups is 1. The summed E-state index contributed by atoms with van der Waals surface area (Å²) in [5.41, 5.74) is 5.06. The second kappa shape index (κ2) is 7.91. The molecule has 0 bridgehead atoms. The van der Waals surface area contributed by atoms with E-state index in [2.05, 4.69) is 6.07 Å². The van der Waals surface area contributed by atoms with Crippen molar-refractivity contribution in [2.75, 3.05) is 11.4 Å². The Morgan fingerprint density at radius 3 is 2.38 bits per heavy atom. The van der Waals surface area contributed by atoms with Crippen LogP contribution >= 0.6 is 0 Å². The van der Waals surface area contributed by atoms with E-state index in [4.69, 9.17) is 0 Å².